The molecule has 178 valence electrons. The third kappa shape index (κ3) is 5.49. The lowest BCUT2D eigenvalue weighted by Gasteiger charge is -2.33. The summed E-state index contributed by atoms with van der Waals surface area (Å²) in [6, 6.07) is 10.0. The molecule has 0 saturated heterocycles. The lowest BCUT2D eigenvalue weighted by Crippen LogP contribution is -2.21. The monoisotopic (exact) mass is 434 g/mol. The smallest absolute Gasteiger partial charge is 0.0129 e. The summed E-state index contributed by atoms with van der Waals surface area (Å²) in [5.74, 6) is 0. The van der Waals surface area contributed by atoms with Crippen LogP contribution in [0.2, 0.25) is 0 Å². The summed E-state index contributed by atoms with van der Waals surface area (Å²) in [5, 5.41) is 0. The lowest BCUT2D eigenvalue weighted by atomic mass is 9.72. The Morgan fingerprint density at radius 2 is 0.719 bits per heavy atom. The molecule has 32 heavy (non-hydrogen) atoms. The predicted octanol–water partition coefficient (Wildman–Crippen LogP) is 9.67. The molecule has 0 amide bonds. The first-order valence-corrected chi connectivity index (χ1v) is 12.7. The molecule has 0 fully saturated rings. The molecule has 2 aromatic carbocycles. The molecule has 0 bridgehead atoms. The zero-order chi connectivity index (χ0) is 24.9. The van der Waals surface area contributed by atoms with Gasteiger partial charge >= 0.3 is 0 Å². The normalized spacial score (nSPS) is 13.6. The SMILES string of the molecule is CCc1c(-c2cc(C(C)(C)C)cc(C(C)(C)C)c2CC)cc(C(C)(C)C)cc1C(C)(C)C. The molecule has 0 aliphatic rings. The maximum absolute atomic E-state index is 2.52. The van der Waals surface area contributed by atoms with Gasteiger partial charge in [0.15, 0.2) is 0 Å². The molecule has 2 rings (SSSR count). The van der Waals surface area contributed by atoms with Crippen molar-refractivity contribution in [2.75, 3.05) is 0 Å². The molecule has 0 unspecified atom stereocenters. The van der Waals surface area contributed by atoms with Crippen LogP contribution in [-0.2, 0) is 34.5 Å². The Morgan fingerprint density at radius 3 is 0.906 bits per heavy atom. The summed E-state index contributed by atoms with van der Waals surface area (Å²) in [6.07, 6.45) is 2.11. The fourth-order valence-electron chi connectivity index (χ4n) is 4.79. The number of rotatable bonds is 3. The van der Waals surface area contributed by atoms with Crippen LogP contribution in [0.3, 0.4) is 0 Å². The van der Waals surface area contributed by atoms with Gasteiger partial charge in [-0.25, -0.2) is 0 Å². The molecule has 0 nitrogen and oxygen atoms in total. The first kappa shape index (κ1) is 26.7. The fourth-order valence-corrected chi connectivity index (χ4v) is 4.79. The van der Waals surface area contributed by atoms with Crippen molar-refractivity contribution in [3.05, 3.63) is 57.6 Å². The maximum atomic E-state index is 2.52. The van der Waals surface area contributed by atoms with E-state index < -0.39 is 0 Å². The molecule has 0 spiro atoms. The van der Waals surface area contributed by atoms with Gasteiger partial charge in [-0.1, -0.05) is 121 Å². The van der Waals surface area contributed by atoms with E-state index in [2.05, 4.69) is 121 Å². The Morgan fingerprint density at radius 1 is 0.438 bits per heavy atom. The highest BCUT2D eigenvalue weighted by molar-refractivity contribution is 5.76. The Balaban J connectivity index is 3.14. The third-order valence-electron chi connectivity index (χ3n) is 6.85. The summed E-state index contributed by atoms with van der Waals surface area (Å²) in [6.45, 7) is 32.9. The van der Waals surface area contributed by atoms with Crippen molar-refractivity contribution in [1.82, 2.24) is 0 Å². The first-order valence-electron chi connectivity index (χ1n) is 12.7. The molecule has 2 aromatic rings. The highest BCUT2D eigenvalue weighted by atomic mass is 14.3. The third-order valence-corrected chi connectivity index (χ3v) is 6.85. The van der Waals surface area contributed by atoms with Crippen LogP contribution in [0.25, 0.3) is 11.1 Å². The van der Waals surface area contributed by atoms with Crippen LogP contribution in [0.1, 0.15) is 130 Å². The average molecular weight is 435 g/mol. The van der Waals surface area contributed by atoms with E-state index in [0.29, 0.717) is 0 Å². The highest BCUT2D eigenvalue weighted by Crippen LogP contribution is 2.43. The molecule has 0 radical (unpaired) electrons. The largest absolute Gasteiger partial charge is 0.0613 e. The number of hydrogen-bond donors (Lipinski definition) is 0. The molecule has 0 aliphatic heterocycles. The van der Waals surface area contributed by atoms with E-state index in [1.807, 2.05) is 0 Å². The molecular weight excluding hydrogens is 384 g/mol. The van der Waals surface area contributed by atoms with Gasteiger partial charge in [-0.15, -0.1) is 0 Å². The van der Waals surface area contributed by atoms with Crippen LogP contribution in [0.4, 0.5) is 0 Å². The molecule has 0 N–H and O–H groups in total. The van der Waals surface area contributed by atoms with Crippen molar-refractivity contribution in [1.29, 1.82) is 0 Å². The lowest BCUT2D eigenvalue weighted by molar-refractivity contribution is 0.561. The maximum Gasteiger partial charge on any atom is -0.0129 e. The van der Waals surface area contributed by atoms with E-state index in [1.54, 1.807) is 0 Å². The van der Waals surface area contributed by atoms with E-state index >= 15 is 0 Å². The van der Waals surface area contributed by atoms with Gasteiger partial charge in [0.25, 0.3) is 0 Å². The number of hydrogen-bond acceptors (Lipinski definition) is 0. The van der Waals surface area contributed by atoms with Crippen LogP contribution >= 0.6 is 0 Å². The van der Waals surface area contributed by atoms with Crippen molar-refractivity contribution in [3.8, 4) is 11.1 Å². The standard InChI is InChI=1S/C32H50/c1-15-23-25(17-21(29(3,4)5)19-27(23)31(9,10)11)26-18-22(30(6,7)8)20-28(24(26)16-2)32(12,13)14/h17-20H,15-16H2,1-14H3. The summed E-state index contributed by atoms with van der Waals surface area (Å²) in [4.78, 5) is 0. The second kappa shape index (κ2) is 8.66. The molecule has 0 aliphatic carbocycles. The molecule has 0 heterocycles. The van der Waals surface area contributed by atoms with Gasteiger partial charge in [0, 0.05) is 0 Å². The zero-order valence-electron chi connectivity index (χ0n) is 23.7. The second-order valence-electron chi connectivity index (χ2n) is 13.8. The first-order chi connectivity index (χ1) is 14.3. The molecular formula is C32H50. The quantitative estimate of drug-likeness (QED) is 0.451. The molecule has 0 atom stereocenters. The molecule has 0 heteroatoms. The van der Waals surface area contributed by atoms with Crippen LogP contribution in [-0.4, -0.2) is 0 Å². The van der Waals surface area contributed by atoms with E-state index in [9.17, 15) is 0 Å². The Kier molecular flexibility index (Phi) is 7.22. The van der Waals surface area contributed by atoms with Gasteiger partial charge in [-0.05, 0) is 79.0 Å². The number of benzene rings is 2. The summed E-state index contributed by atoms with van der Waals surface area (Å²) < 4.78 is 0. The summed E-state index contributed by atoms with van der Waals surface area (Å²) >= 11 is 0. The van der Waals surface area contributed by atoms with Crippen molar-refractivity contribution in [3.63, 3.8) is 0 Å². The fraction of sp³-hybridized carbons (Fsp3) is 0.625. The van der Waals surface area contributed by atoms with Crippen molar-refractivity contribution in [2.45, 2.75) is 131 Å². The van der Waals surface area contributed by atoms with Crippen molar-refractivity contribution >= 4 is 0 Å². The van der Waals surface area contributed by atoms with E-state index in [4.69, 9.17) is 0 Å². The van der Waals surface area contributed by atoms with Gasteiger partial charge < -0.3 is 0 Å². The van der Waals surface area contributed by atoms with Gasteiger partial charge in [0.1, 0.15) is 0 Å². The summed E-state index contributed by atoms with van der Waals surface area (Å²) in [5.41, 5.74) is 12.3. The van der Waals surface area contributed by atoms with Crippen LogP contribution in [0, 0.1) is 0 Å². The Hall–Kier alpha value is -1.56. The Labute approximate surface area is 200 Å². The zero-order valence-corrected chi connectivity index (χ0v) is 23.7. The van der Waals surface area contributed by atoms with E-state index in [-0.39, 0.29) is 21.7 Å². The van der Waals surface area contributed by atoms with Crippen molar-refractivity contribution in [2.24, 2.45) is 0 Å². The average Bonchev–Trinajstić information content (AvgIpc) is 2.62. The summed E-state index contributed by atoms with van der Waals surface area (Å²) in [7, 11) is 0. The van der Waals surface area contributed by atoms with Gasteiger partial charge in [-0.3, -0.25) is 0 Å². The van der Waals surface area contributed by atoms with E-state index in [0.717, 1.165) is 12.8 Å². The van der Waals surface area contributed by atoms with Gasteiger partial charge in [0.05, 0.1) is 0 Å². The van der Waals surface area contributed by atoms with Crippen molar-refractivity contribution < 1.29 is 0 Å². The van der Waals surface area contributed by atoms with E-state index in [1.165, 1.54) is 44.5 Å². The minimum absolute atomic E-state index is 0.113. The minimum atomic E-state index is 0.113. The second-order valence-corrected chi connectivity index (χ2v) is 13.8. The Bertz CT molecular complexity index is 876. The van der Waals surface area contributed by atoms with Gasteiger partial charge in [0.2, 0.25) is 0 Å². The topological polar surface area (TPSA) is 0 Å². The highest BCUT2D eigenvalue weighted by Gasteiger charge is 2.29. The molecule has 0 aromatic heterocycles. The minimum Gasteiger partial charge on any atom is -0.0613 e. The van der Waals surface area contributed by atoms with Crippen LogP contribution < -0.4 is 0 Å². The van der Waals surface area contributed by atoms with Crippen LogP contribution in [0.15, 0.2) is 24.3 Å². The van der Waals surface area contributed by atoms with Gasteiger partial charge in [-0.2, -0.15) is 0 Å². The molecule has 0 saturated carbocycles. The van der Waals surface area contributed by atoms with Crippen LogP contribution in [0.5, 0.6) is 0 Å². The predicted molar refractivity (Wildman–Crippen MR) is 145 cm³/mol.